The number of anilines is 1. The largest absolute Gasteiger partial charge is 0.494 e. The summed E-state index contributed by atoms with van der Waals surface area (Å²) in [5.41, 5.74) is 12.5. The van der Waals surface area contributed by atoms with Gasteiger partial charge in [0.05, 0.1) is 31.7 Å². The van der Waals surface area contributed by atoms with E-state index in [0.717, 1.165) is 5.69 Å². The van der Waals surface area contributed by atoms with Crippen LogP contribution in [0.25, 0.3) is 0 Å². The van der Waals surface area contributed by atoms with Crippen molar-refractivity contribution in [1.82, 2.24) is 10.9 Å². The third-order valence-corrected chi connectivity index (χ3v) is 2.47. The van der Waals surface area contributed by atoms with Gasteiger partial charge < -0.3 is 15.4 Å². The number of nitrogens with one attached hydrogen (secondary N) is 2. The van der Waals surface area contributed by atoms with Gasteiger partial charge in [0.15, 0.2) is 5.75 Å². The first-order valence-electron chi connectivity index (χ1n) is 4.91. The van der Waals surface area contributed by atoms with E-state index in [0.29, 0.717) is 24.7 Å². The minimum absolute atomic E-state index is 0.395. The number of primary amides is 1. The molecule has 0 atom stereocenters. The van der Waals surface area contributed by atoms with Crippen LogP contribution in [0.1, 0.15) is 10.4 Å². The molecule has 4 N–H and O–H groups in total. The Kier molecular flexibility index (Phi) is 2.93. The number of carbonyl (C=O) groups is 1. The van der Waals surface area contributed by atoms with Crippen LogP contribution in [-0.4, -0.2) is 26.4 Å². The number of ether oxygens (including phenoxy) is 1. The average Bonchev–Trinajstić information content (AvgIpc) is 2.81. The minimum atomic E-state index is -0.487. The number of amides is 1. The molecule has 1 aromatic carbocycles. The van der Waals surface area contributed by atoms with Gasteiger partial charge in [0.1, 0.15) is 0 Å². The Balaban J connectivity index is 2.43. The second-order valence-corrected chi connectivity index (χ2v) is 3.43. The molecule has 6 heteroatoms. The monoisotopic (exact) mass is 222 g/mol. The quantitative estimate of drug-likeness (QED) is 0.650. The molecule has 1 aliphatic rings. The zero-order valence-corrected chi connectivity index (χ0v) is 8.99. The molecule has 0 aromatic heterocycles. The van der Waals surface area contributed by atoms with E-state index >= 15 is 0 Å². The number of nitrogens with two attached hydrogens (primary N) is 1. The van der Waals surface area contributed by atoms with Gasteiger partial charge in [-0.3, -0.25) is 4.79 Å². The molecule has 1 heterocycles. The Morgan fingerprint density at radius 2 is 2.12 bits per heavy atom. The van der Waals surface area contributed by atoms with E-state index in [1.54, 1.807) is 12.1 Å². The van der Waals surface area contributed by atoms with E-state index in [2.05, 4.69) is 10.9 Å². The number of carbonyl (C=O) groups excluding carboxylic acids is 1. The number of nitrogens with zero attached hydrogens (tertiary/aromatic N) is 1. The Bertz CT molecular complexity index is 402. The lowest BCUT2D eigenvalue weighted by molar-refractivity contribution is 0.0997. The fourth-order valence-corrected chi connectivity index (χ4v) is 1.71. The first-order chi connectivity index (χ1) is 7.74. The summed E-state index contributed by atoms with van der Waals surface area (Å²) >= 11 is 0. The number of benzene rings is 1. The molecule has 86 valence electrons. The normalized spacial score (nSPS) is 15.2. The van der Waals surface area contributed by atoms with Crippen LogP contribution in [0.2, 0.25) is 0 Å². The van der Waals surface area contributed by atoms with E-state index in [1.807, 2.05) is 11.0 Å². The van der Waals surface area contributed by atoms with Crippen LogP contribution in [-0.2, 0) is 0 Å². The number of para-hydroxylation sites is 1. The van der Waals surface area contributed by atoms with Gasteiger partial charge in [0.2, 0.25) is 0 Å². The van der Waals surface area contributed by atoms with E-state index < -0.39 is 5.91 Å². The molecule has 6 nitrogen and oxygen atoms in total. The fraction of sp³-hybridized carbons (Fsp3) is 0.300. The van der Waals surface area contributed by atoms with Crippen LogP contribution in [0.4, 0.5) is 5.69 Å². The number of methoxy groups -OCH3 is 1. The van der Waals surface area contributed by atoms with Crippen molar-refractivity contribution in [2.75, 3.05) is 25.3 Å². The van der Waals surface area contributed by atoms with Gasteiger partial charge >= 0.3 is 0 Å². The first-order valence-corrected chi connectivity index (χ1v) is 4.91. The molecular weight excluding hydrogens is 208 g/mol. The van der Waals surface area contributed by atoms with Crippen LogP contribution in [0.5, 0.6) is 5.75 Å². The summed E-state index contributed by atoms with van der Waals surface area (Å²) < 4.78 is 5.25. The summed E-state index contributed by atoms with van der Waals surface area (Å²) in [6, 6.07) is 5.33. The second kappa shape index (κ2) is 4.38. The van der Waals surface area contributed by atoms with Crippen LogP contribution in [0.3, 0.4) is 0 Å². The molecule has 2 rings (SSSR count). The van der Waals surface area contributed by atoms with Crippen molar-refractivity contribution in [3.05, 3.63) is 23.8 Å². The van der Waals surface area contributed by atoms with Gasteiger partial charge in [-0.25, -0.2) is 10.9 Å². The predicted octanol–water partition coefficient (Wildman–Crippen LogP) is -0.377. The Morgan fingerprint density at radius 1 is 1.44 bits per heavy atom. The second-order valence-electron chi connectivity index (χ2n) is 3.43. The first kappa shape index (κ1) is 10.7. The van der Waals surface area contributed by atoms with E-state index in [1.165, 1.54) is 7.11 Å². The van der Waals surface area contributed by atoms with Gasteiger partial charge in [-0.1, -0.05) is 6.07 Å². The van der Waals surface area contributed by atoms with Crippen molar-refractivity contribution in [3.8, 4) is 5.75 Å². The molecule has 0 bridgehead atoms. The van der Waals surface area contributed by atoms with Crippen molar-refractivity contribution in [2.45, 2.75) is 0 Å². The maximum atomic E-state index is 11.2. The number of hydrogen-bond donors (Lipinski definition) is 3. The van der Waals surface area contributed by atoms with Crippen LogP contribution in [0, 0.1) is 0 Å². The fourth-order valence-electron chi connectivity index (χ4n) is 1.71. The molecule has 0 saturated carbocycles. The maximum Gasteiger partial charge on any atom is 0.252 e. The molecule has 0 unspecified atom stereocenters. The molecule has 0 spiro atoms. The molecule has 1 fully saturated rings. The predicted molar refractivity (Wildman–Crippen MR) is 60.0 cm³/mol. The molecule has 1 amide bonds. The van der Waals surface area contributed by atoms with E-state index in [-0.39, 0.29) is 0 Å². The minimum Gasteiger partial charge on any atom is -0.494 e. The summed E-state index contributed by atoms with van der Waals surface area (Å²) in [7, 11) is 1.53. The van der Waals surface area contributed by atoms with Crippen molar-refractivity contribution in [3.63, 3.8) is 0 Å². The topological polar surface area (TPSA) is 79.6 Å². The standard InChI is InChI=1S/C10H14N4O2/c1-16-9-7(10(11)15)3-2-4-8(9)14-5-12-13-6-14/h2-4,12-13H,5-6H2,1H3,(H2,11,15). The third-order valence-electron chi connectivity index (χ3n) is 2.47. The Morgan fingerprint density at radius 3 is 2.69 bits per heavy atom. The number of rotatable bonds is 3. The van der Waals surface area contributed by atoms with Gasteiger partial charge in [0.25, 0.3) is 5.91 Å². The lowest BCUT2D eigenvalue weighted by Gasteiger charge is -2.20. The molecule has 0 aliphatic carbocycles. The molecule has 16 heavy (non-hydrogen) atoms. The Labute approximate surface area is 93.3 Å². The van der Waals surface area contributed by atoms with Gasteiger partial charge in [-0.2, -0.15) is 0 Å². The zero-order chi connectivity index (χ0) is 11.5. The number of hydrogen-bond acceptors (Lipinski definition) is 5. The van der Waals surface area contributed by atoms with Crippen molar-refractivity contribution in [1.29, 1.82) is 0 Å². The van der Waals surface area contributed by atoms with Crippen molar-refractivity contribution in [2.24, 2.45) is 5.73 Å². The van der Waals surface area contributed by atoms with E-state index in [4.69, 9.17) is 10.5 Å². The Hall–Kier alpha value is -1.79. The molecule has 1 aromatic rings. The van der Waals surface area contributed by atoms with E-state index in [9.17, 15) is 4.79 Å². The van der Waals surface area contributed by atoms with Crippen LogP contribution < -0.4 is 26.2 Å². The van der Waals surface area contributed by atoms with Crippen molar-refractivity contribution < 1.29 is 9.53 Å². The summed E-state index contributed by atoms with van der Waals surface area (Å²) in [4.78, 5) is 13.2. The highest BCUT2D eigenvalue weighted by atomic mass is 16.5. The van der Waals surface area contributed by atoms with Gasteiger partial charge in [-0.05, 0) is 12.1 Å². The third kappa shape index (κ3) is 1.80. The summed E-state index contributed by atoms with van der Waals surface area (Å²) in [6.45, 7) is 1.30. The lowest BCUT2D eigenvalue weighted by Crippen LogP contribution is -2.23. The van der Waals surface area contributed by atoms with Crippen molar-refractivity contribution >= 4 is 11.6 Å². The zero-order valence-electron chi connectivity index (χ0n) is 8.99. The average molecular weight is 222 g/mol. The highest BCUT2D eigenvalue weighted by molar-refractivity contribution is 5.97. The summed E-state index contributed by atoms with van der Waals surface area (Å²) in [5, 5.41) is 0. The smallest absolute Gasteiger partial charge is 0.252 e. The maximum absolute atomic E-state index is 11.2. The SMILES string of the molecule is COc1c(C(N)=O)cccc1N1CNNC1. The molecule has 0 radical (unpaired) electrons. The van der Waals surface area contributed by atoms with Gasteiger partial charge in [-0.15, -0.1) is 0 Å². The molecular formula is C10H14N4O2. The van der Waals surface area contributed by atoms with Crippen LogP contribution >= 0.6 is 0 Å². The highest BCUT2D eigenvalue weighted by Crippen LogP contribution is 2.31. The van der Waals surface area contributed by atoms with Crippen LogP contribution in [0.15, 0.2) is 18.2 Å². The summed E-state index contributed by atoms with van der Waals surface area (Å²) in [5.74, 6) is 0.0271. The lowest BCUT2D eigenvalue weighted by atomic mass is 10.1. The summed E-state index contributed by atoms with van der Waals surface area (Å²) in [6.07, 6.45) is 0. The number of hydrazine groups is 1. The molecule has 1 saturated heterocycles. The van der Waals surface area contributed by atoms with Gasteiger partial charge in [0, 0.05) is 0 Å². The molecule has 1 aliphatic heterocycles. The highest BCUT2D eigenvalue weighted by Gasteiger charge is 2.19.